The zero-order chi connectivity index (χ0) is 12.3. The third-order valence-electron chi connectivity index (χ3n) is 0.982. The lowest BCUT2D eigenvalue weighted by Gasteiger charge is -2.18. The second-order valence-electron chi connectivity index (χ2n) is 3.48. The molecule has 0 amide bonds. The van der Waals surface area contributed by atoms with Crippen LogP contribution in [0.25, 0.3) is 0 Å². The van der Waals surface area contributed by atoms with E-state index in [4.69, 9.17) is 12.6 Å². The van der Waals surface area contributed by atoms with Crippen molar-refractivity contribution in [1.29, 1.82) is 0 Å². The highest BCUT2D eigenvalue weighted by molar-refractivity contribution is 6.33. The van der Waals surface area contributed by atoms with E-state index in [1.807, 2.05) is 0 Å². The Morgan fingerprint density at radius 2 is 2.00 bits per heavy atom. The molecule has 0 bridgehead atoms. The van der Waals surface area contributed by atoms with Crippen LogP contribution in [-0.4, -0.2) is 29.1 Å². The molecule has 0 saturated carbocycles. The van der Waals surface area contributed by atoms with Crippen LogP contribution in [0.1, 0.15) is 36.3 Å². The third-order valence-corrected chi connectivity index (χ3v) is 0.982. The number of hydrogen-bond donors (Lipinski definition) is 1. The summed E-state index contributed by atoms with van der Waals surface area (Å²) in [5.74, 6) is -2.47. The Morgan fingerprint density at radius 3 is 2.38 bits per heavy atom. The molecule has 76 valence electrons. The molecule has 0 radical (unpaired) electrons. The van der Waals surface area contributed by atoms with E-state index in [0.717, 1.165) is 0 Å². The summed E-state index contributed by atoms with van der Waals surface area (Å²) in [5, 5.41) is 8.52. The maximum atomic E-state index is 11.3. The lowest BCUT2D eigenvalue weighted by atomic mass is 10.2. The fourth-order valence-electron chi connectivity index (χ4n) is 0.566. The van der Waals surface area contributed by atoms with Crippen LogP contribution in [-0.2, 0) is 14.3 Å². The summed E-state index contributed by atoms with van der Waals surface area (Å²) in [7, 11) is 0. The van der Waals surface area contributed by atoms with Crippen LogP contribution in [0.2, 0.25) is 0 Å². The van der Waals surface area contributed by atoms with Gasteiger partial charge in [0.05, 0.1) is 0 Å². The van der Waals surface area contributed by atoms with Gasteiger partial charge in [-0.3, -0.25) is 4.79 Å². The molecule has 0 atom stereocenters. The first kappa shape index (κ1) is 8.69. The lowest BCUT2D eigenvalue weighted by Crippen LogP contribution is -2.28. The number of aliphatic hydroxyl groups is 1. The number of esters is 1. The second-order valence-corrected chi connectivity index (χ2v) is 3.48. The van der Waals surface area contributed by atoms with Crippen LogP contribution < -0.4 is 0 Å². The van der Waals surface area contributed by atoms with Crippen molar-refractivity contribution in [3.8, 4) is 0 Å². The first-order valence-electron chi connectivity index (χ1n) is 4.99. The van der Waals surface area contributed by atoms with Gasteiger partial charge >= 0.3 is 5.97 Å². The Balaban J connectivity index is 4.52. The average molecular weight is 190 g/mol. The van der Waals surface area contributed by atoms with Gasteiger partial charge in [-0.2, -0.15) is 0 Å². The van der Waals surface area contributed by atoms with Crippen LogP contribution >= 0.6 is 0 Å². The maximum absolute atomic E-state index is 11.3. The van der Waals surface area contributed by atoms with Crippen molar-refractivity contribution in [2.45, 2.75) is 39.2 Å². The van der Waals surface area contributed by atoms with Crippen molar-refractivity contribution in [3.05, 3.63) is 0 Å². The lowest BCUT2D eigenvalue weighted by molar-refractivity contribution is -0.162. The molecule has 0 unspecified atom stereocenters. The summed E-state index contributed by atoms with van der Waals surface area (Å²) in [6.45, 7) is 4.25. The number of carbonyl (C=O) groups is 2. The van der Waals surface area contributed by atoms with E-state index in [0.29, 0.717) is 0 Å². The highest BCUT2D eigenvalue weighted by Gasteiger charge is 2.21. The molecule has 0 rings (SSSR count). The molecule has 0 fully saturated rings. The molecule has 0 aromatic rings. The number of aliphatic hydroxyl groups excluding tert-OH is 1. The molecule has 0 aliphatic rings. The van der Waals surface area contributed by atoms with Gasteiger partial charge in [-0.05, 0) is 27.2 Å². The van der Waals surface area contributed by atoms with Gasteiger partial charge in [-0.15, -0.1) is 0 Å². The summed E-state index contributed by atoms with van der Waals surface area (Å²) in [5.41, 5.74) is -0.831. The number of hydrogen-bond acceptors (Lipinski definition) is 4. The SMILES string of the molecule is [2H]C([2H])(CCO)C(=O)C(=O)OC(C)(C)C. The van der Waals surface area contributed by atoms with Gasteiger partial charge in [0.1, 0.15) is 5.60 Å². The van der Waals surface area contributed by atoms with Crippen molar-refractivity contribution in [3.63, 3.8) is 0 Å². The number of ketones is 1. The van der Waals surface area contributed by atoms with Gasteiger partial charge in [0.2, 0.25) is 5.78 Å². The van der Waals surface area contributed by atoms with E-state index in [1.165, 1.54) is 0 Å². The minimum Gasteiger partial charge on any atom is -0.454 e. The van der Waals surface area contributed by atoms with Gasteiger partial charge in [0.25, 0.3) is 0 Å². The number of carbonyl (C=O) groups excluding carboxylic acids is 2. The molecule has 0 aliphatic carbocycles. The Bertz CT molecular complexity index is 255. The predicted octanol–water partition coefficient (Wildman–Crippen LogP) is 0.670. The molecule has 0 saturated heterocycles. The summed E-state index contributed by atoms with van der Waals surface area (Å²) < 4.78 is 19.2. The quantitative estimate of drug-likeness (QED) is 0.522. The molecule has 4 nitrogen and oxygen atoms in total. The van der Waals surface area contributed by atoms with Crippen LogP contribution in [0.5, 0.6) is 0 Å². The average Bonchev–Trinajstić information content (AvgIpc) is 1.99. The van der Waals surface area contributed by atoms with E-state index < -0.39 is 36.8 Å². The first-order chi connectivity index (χ1) is 6.60. The maximum Gasteiger partial charge on any atom is 0.375 e. The Labute approximate surface area is 80.7 Å². The van der Waals surface area contributed by atoms with Gasteiger partial charge in [-0.1, -0.05) is 0 Å². The standard InChI is InChI=1S/C9H16O4/c1-9(2,3)13-8(12)7(11)5-4-6-10/h10H,4-6H2,1-3H3/i5D2. The van der Waals surface area contributed by atoms with Crippen LogP contribution in [0.4, 0.5) is 0 Å². The van der Waals surface area contributed by atoms with Crippen molar-refractivity contribution >= 4 is 11.8 Å². The van der Waals surface area contributed by atoms with E-state index in [9.17, 15) is 9.59 Å². The summed E-state index contributed by atoms with van der Waals surface area (Å²) in [4.78, 5) is 22.5. The highest BCUT2D eigenvalue weighted by Crippen LogP contribution is 2.08. The van der Waals surface area contributed by atoms with Gasteiger partial charge in [0, 0.05) is 15.7 Å². The van der Waals surface area contributed by atoms with E-state index in [2.05, 4.69) is 0 Å². The number of ether oxygens (including phenoxy) is 1. The molecule has 0 heterocycles. The summed E-state index contributed by atoms with van der Waals surface area (Å²) in [6.07, 6.45) is -2.78. The molecule has 0 spiro atoms. The van der Waals surface area contributed by atoms with E-state index in [-0.39, 0.29) is 0 Å². The molecule has 0 aliphatic heterocycles. The zero-order valence-electron chi connectivity index (χ0n) is 10.1. The molecule has 0 aromatic heterocycles. The Morgan fingerprint density at radius 1 is 1.46 bits per heavy atom. The van der Waals surface area contributed by atoms with Crippen LogP contribution in [0.15, 0.2) is 0 Å². The Kier molecular flexibility index (Phi) is 3.32. The predicted molar refractivity (Wildman–Crippen MR) is 47.2 cm³/mol. The first-order valence-corrected chi connectivity index (χ1v) is 3.99. The topological polar surface area (TPSA) is 63.6 Å². The summed E-state index contributed by atoms with van der Waals surface area (Å²) >= 11 is 0. The van der Waals surface area contributed by atoms with E-state index >= 15 is 0 Å². The van der Waals surface area contributed by atoms with Crippen molar-refractivity contribution in [2.75, 3.05) is 6.61 Å². The monoisotopic (exact) mass is 190 g/mol. The fraction of sp³-hybridized carbons (Fsp3) is 0.778. The van der Waals surface area contributed by atoms with Crippen molar-refractivity contribution in [1.82, 2.24) is 0 Å². The number of Topliss-reactive ketones (excluding diaryl/α,β-unsaturated/α-hetero) is 1. The zero-order valence-corrected chi connectivity index (χ0v) is 8.09. The molecular formula is C9H16O4. The minimum absolute atomic E-state index is 0.412. The second kappa shape index (κ2) is 4.97. The smallest absolute Gasteiger partial charge is 0.375 e. The Hall–Kier alpha value is -0.900. The van der Waals surface area contributed by atoms with Crippen molar-refractivity contribution < 1.29 is 22.2 Å². The molecule has 13 heavy (non-hydrogen) atoms. The molecule has 1 N–H and O–H groups in total. The molecular weight excluding hydrogens is 172 g/mol. The van der Waals surface area contributed by atoms with E-state index in [1.54, 1.807) is 20.8 Å². The van der Waals surface area contributed by atoms with Crippen LogP contribution in [0, 0.1) is 0 Å². The minimum atomic E-state index is -2.36. The van der Waals surface area contributed by atoms with Crippen LogP contribution in [0.3, 0.4) is 0 Å². The number of rotatable bonds is 4. The van der Waals surface area contributed by atoms with Gasteiger partial charge in [-0.25, -0.2) is 4.79 Å². The third kappa shape index (κ3) is 6.28. The normalized spacial score (nSPS) is 14.5. The largest absolute Gasteiger partial charge is 0.454 e. The summed E-state index contributed by atoms with van der Waals surface area (Å²) in [6, 6.07) is 0. The molecule has 4 heteroatoms. The van der Waals surface area contributed by atoms with Gasteiger partial charge in [0.15, 0.2) is 0 Å². The highest BCUT2D eigenvalue weighted by atomic mass is 16.6. The fourth-order valence-corrected chi connectivity index (χ4v) is 0.566. The van der Waals surface area contributed by atoms with Gasteiger partial charge < -0.3 is 9.84 Å². The molecule has 0 aromatic carbocycles. The van der Waals surface area contributed by atoms with Crippen molar-refractivity contribution in [2.24, 2.45) is 0 Å².